The lowest BCUT2D eigenvalue weighted by atomic mass is 10.4. The Hall–Kier alpha value is -1.83. The predicted molar refractivity (Wildman–Crippen MR) is 79.8 cm³/mol. The number of guanidine groups is 1. The number of rotatable bonds is 4. The van der Waals surface area contributed by atoms with Crippen molar-refractivity contribution < 1.29 is 4.79 Å². The Balaban J connectivity index is 1.71. The van der Waals surface area contributed by atoms with Crippen molar-refractivity contribution in [2.75, 3.05) is 37.7 Å². The molecule has 1 amide bonds. The highest BCUT2D eigenvalue weighted by Crippen LogP contribution is 2.08. The maximum Gasteiger partial charge on any atom is 0.271 e. The second kappa shape index (κ2) is 7.68. The zero-order chi connectivity index (χ0) is 14.2. The van der Waals surface area contributed by atoms with Crippen molar-refractivity contribution in [3.63, 3.8) is 0 Å². The Morgan fingerprint density at radius 2 is 2.25 bits per heavy atom. The number of nitrogens with zero attached hydrogens (tertiary/aromatic N) is 4. The summed E-state index contributed by atoms with van der Waals surface area (Å²) < 4.78 is 0. The largest absolute Gasteiger partial charge is 0.370 e. The van der Waals surface area contributed by atoms with E-state index in [0.29, 0.717) is 24.7 Å². The van der Waals surface area contributed by atoms with Crippen LogP contribution in [-0.4, -0.2) is 64.4 Å². The van der Waals surface area contributed by atoms with Gasteiger partial charge in [-0.15, -0.1) is 0 Å². The first-order valence-corrected chi connectivity index (χ1v) is 7.59. The van der Waals surface area contributed by atoms with Gasteiger partial charge in [-0.1, -0.05) is 0 Å². The van der Waals surface area contributed by atoms with Gasteiger partial charge in [0.25, 0.3) is 5.91 Å². The van der Waals surface area contributed by atoms with E-state index in [4.69, 9.17) is 5.73 Å². The summed E-state index contributed by atoms with van der Waals surface area (Å²) in [5.74, 6) is 2.47. The van der Waals surface area contributed by atoms with E-state index in [1.165, 1.54) is 18.6 Å². The lowest BCUT2D eigenvalue weighted by Crippen LogP contribution is -2.43. The highest BCUT2D eigenvalue weighted by Gasteiger charge is 2.11. The van der Waals surface area contributed by atoms with Crippen LogP contribution in [0.1, 0.15) is 10.5 Å². The quantitative estimate of drug-likeness (QED) is 0.444. The van der Waals surface area contributed by atoms with Crippen molar-refractivity contribution in [3.05, 3.63) is 24.3 Å². The molecule has 2 heterocycles. The van der Waals surface area contributed by atoms with Crippen molar-refractivity contribution in [1.82, 2.24) is 20.2 Å². The molecule has 1 aliphatic rings. The first kappa shape index (κ1) is 14.6. The van der Waals surface area contributed by atoms with Crippen LogP contribution in [0.4, 0.5) is 0 Å². The fourth-order valence-corrected chi connectivity index (χ4v) is 2.64. The third-order valence-electron chi connectivity index (χ3n) is 2.80. The highest BCUT2D eigenvalue weighted by atomic mass is 32.2. The molecule has 0 spiro atoms. The van der Waals surface area contributed by atoms with Gasteiger partial charge < -0.3 is 16.0 Å². The maximum atomic E-state index is 11.7. The normalized spacial score (nSPS) is 16.0. The van der Waals surface area contributed by atoms with Gasteiger partial charge in [0.15, 0.2) is 5.96 Å². The molecule has 20 heavy (non-hydrogen) atoms. The molecule has 2 rings (SSSR count). The molecule has 3 N–H and O–H groups in total. The Bertz CT molecular complexity index is 460. The van der Waals surface area contributed by atoms with Crippen molar-refractivity contribution in [2.45, 2.75) is 0 Å². The maximum absolute atomic E-state index is 11.7. The molecule has 0 bridgehead atoms. The molecule has 1 aromatic rings. The summed E-state index contributed by atoms with van der Waals surface area (Å²) >= 11 is 1.92. The fraction of sp³-hybridized carbons (Fsp3) is 0.500. The number of thioether (sulfide) groups is 1. The van der Waals surface area contributed by atoms with Crippen LogP contribution in [-0.2, 0) is 0 Å². The molecular formula is C12H18N6OS. The van der Waals surface area contributed by atoms with E-state index in [1.54, 1.807) is 0 Å². The van der Waals surface area contributed by atoms with Gasteiger partial charge in [0.2, 0.25) is 0 Å². The van der Waals surface area contributed by atoms with Crippen LogP contribution in [0.5, 0.6) is 0 Å². The first-order valence-electron chi connectivity index (χ1n) is 6.44. The smallest absolute Gasteiger partial charge is 0.271 e. The van der Waals surface area contributed by atoms with Gasteiger partial charge in [-0.25, -0.2) is 4.98 Å². The lowest BCUT2D eigenvalue weighted by molar-refractivity contribution is 0.0949. The third-order valence-corrected chi connectivity index (χ3v) is 3.74. The minimum atomic E-state index is -0.249. The van der Waals surface area contributed by atoms with Gasteiger partial charge >= 0.3 is 0 Å². The lowest BCUT2D eigenvalue weighted by Gasteiger charge is -2.27. The molecule has 1 saturated heterocycles. The summed E-state index contributed by atoms with van der Waals surface area (Å²) in [4.78, 5) is 25.8. The zero-order valence-electron chi connectivity index (χ0n) is 11.2. The number of carbonyl (C=O) groups excluding carboxylic acids is 1. The Morgan fingerprint density at radius 1 is 1.45 bits per heavy atom. The van der Waals surface area contributed by atoms with E-state index in [1.807, 2.05) is 11.8 Å². The third kappa shape index (κ3) is 4.37. The zero-order valence-corrected chi connectivity index (χ0v) is 12.0. The summed E-state index contributed by atoms with van der Waals surface area (Å²) in [5.41, 5.74) is 6.21. The minimum Gasteiger partial charge on any atom is -0.370 e. The number of aromatic nitrogens is 2. The number of nitrogens with two attached hydrogens (primary N) is 1. The van der Waals surface area contributed by atoms with Crippen LogP contribution >= 0.6 is 11.8 Å². The van der Waals surface area contributed by atoms with E-state index in [9.17, 15) is 4.79 Å². The Kier molecular flexibility index (Phi) is 5.60. The van der Waals surface area contributed by atoms with Crippen molar-refractivity contribution in [1.29, 1.82) is 0 Å². The summed E-state index contributed by atoms with van der Waals surface area (Å²) in [5, 5.41) is 2.73. The number of nitrogens with one attached hydrogen (secondary N) is 1. The summed E-state index contributed by atoms with van der Waals surface area (Å²) in [6, 6.07) is 0. The van der Waals surface area contributed by atoms with E-state index in [-0.39, 0.29) is 5.91 Å². The average molecular weight is 294 g/mol. The van der Waals surface area contributed by atoms with Gasteiger partial charge in [-0.05, 0) is 0 Å². The predicted octanol–water partition coefficient (Wildman–Crippen LogP) is -0.430. The summed E-state index contributed by atoms with van der Waals surface area (Å²) in [7, 11) is 0. The number of hydrogen-bond donors (Lipinski definition) is 2. The molecule has 7 nitrogen and oxygen atoms in total. The molecule has 1 aliphatic heterocycles. The van der Waals surface area contributed by atoms with Crippen LogP contribution in [0, 0.1) is 0 Å². The molecular weight excluding hydrogens is 276 g/mol. The van der Waals surface area contributed by atoms with E-state index >= 15 is 0 Å². The van der Waals surface area contributed by atoms with E-state index in [0.717, 1.165) is 24.6 Å². The minimum absolute atomic E-state index is 0.249. The molecule has 1 fully saturated rings. The topological polar surface area (TPSA) is 96.5 Å². The van der Waals surface area contributed by atoms with Crippen LogP contribution in [0.2, 0.25) is 0 Å². The van der Waals surface area contributed by atoms with Gasteiger partial charge in [-0.3, -0.25) is 14.8 Å². The fourth-order valence-electron chi connectivity index (χ4n) is 1.74. The van der Waals surface area contributed by atoms with Crippen molar-refractivity contribution >= 4 is 23.6 Å². The molecule has 0 radical (unpaired) electrons. The average Bonchev–Trinajstić information content (AvgIpc) is 2.53. The number of carbonyl (C=O) groups is 1. The molecule has 1 aromatic heterocycles. The molecule has 8 heteroatoms. The van der Waals surface area contributed by atoms with E-state index < -0.39 is 0 Å². The summed E-state index contributed by atoms with van der Waals surface area (Å²) in [6.45, 7) is 2.76. The molecule has 0 atom stereocenters. The number of hydrogen-bond acceptors (Lipinski definition) is 5. The van der Waals surface area contributed by atoms with Gasteiger partial charge in [0.05, 0.1) is 12.7 Å². The van der Waals surface area contributed by atoms with Crippen LogP contribution < -0.4 is 11.1 Å². The second-order valence-corrected chi connectivity index (χ2v) is 5.41. The van der Waals surface area contributed by atoms with Crippen LogP contribution in [0.25, 0.3) is 0 Å². The monoisotopic (exact) mass is 294 g/mol. The molecule has 0 aromatic carbocycles. The Morgan fingerprint density at radius 3 is 2.95 bits per heavy atom. The van der Waals surface area contributed by atoms with Crippen LogP contribution in [0.15, 0.2) is 23.6 Å². The molecule has 0 unspecified atom stereocenters. The first-order chi connectivity index (χ1) is 9.77. The molecule has 108 valence electrons. The van der Waals surface area contributed by atoms with Crippen molar-refractivity contribution in [2.24, 2.45) is 10.7 Å². The number of aliphatic imine (C=N–C) groups is 1. The van der Waals surface area contributed by atoms with Gasteiger partial charge in [0, 0.05) is 43.5 Å². The van der Waals surface area contributed by atoms with Gasteiger partial charge in [-0.2, -0.15) is 11.8 Å². The highest BCUT2D eigenvalue weighted by molar-refractivity contribution is 7.99. The van der Waals surface area contributed by atoms with E-state index in [2.05, 4.69) is 25.2 Å². The van der Waals surface area contributed by atoms with Crippen LogP contribution in [0.3, 0.4) is 0 Å². The second-order valence-electron chi connectivity index (χ2n) is 4.19. The molecule has 0 saturated carbocycles. The van der Waals surface area contributed by atoms with Gasteiger partial charge in [0.1, 0.15) is 5.69 Å². The summed E-state index contributed by atoms with van der Waals surface area (Å²) in [6.07, 6.45) is 4.44. The standard InChI is InChI=1S/C12H18N6OS/c13-12(18-5-7-20-8-6-18)17-4-3-16-11(19)10-9-14-1-2-15-10/h1-2,9H,3-8H2,(H2,13,17)(H,16,19). The number of amides is 1. The SMILES string of the molecule is NC(=NCCNC(=O)c1cnccn1)N1CCSCC1. The Labute approximate surface area is 122 Å². The van der Waals surface area contributed by atoms with Crippen molar-refractivity contribution in [3.8, 4) is 0 Å². The molecule has 0 aliphatic carbocycles.